The summed E-state index contributed by atoms with van der Waals surface area (Å²) in [5, 5.41) is 7.42. The van der Waals surface area contributed by atoms with Crippen molar-refractivity contribution in [3.8, 4) is 0 Å². The molecule has 0 spiro atoms. The second kappa shape index (κ2) is 3.82. The fraction of sp³-hybridized carbons (Fsp3) is 0.875. The Hall–Kier alpha value is -0.690. The average molecular weight is 200 g/mol. The normalized spacial score (nSPS) is 42.9. The molecule has 4 bridgehead atoms. The highest BCUT2D eigenvalue weighted by Gasteiger charge is 2.36. The highest BCUT2D eigenvalue weighted by molar-refractivity contribution is 5.62. The topological polar surface area (TPSA) is 50.3 Å². The minimum atomic E-state index is -0.833. The molecule has 80 valence electrons. The summed E-state index contributed by atoms with van der Waals surface area (Å²) in [7, 11) is 0. The summed E-state index contributed by atoms with van der Waals surface area (Å²) < 4.78 is 0. The maximum atomic E-state index is 9.00. The van der Waals surface area contributed by atoms with Crippen molar-refractivity contribution in [2.75, 3.05) is 40.0 Å². The first-order valence-corrected chi connectivity index (χ1v) is 4.72. The van der Waals surface area contributed by atoms with Gasteiger partial charge in [-0.1, -0.05) is 0 Å². The molecule has 0 atom stereocenters. The summed E-state index contributed by atoms with van der Waals surface area (Å²) in [6.07, 6.45) is 0. The van der Waals surface area contributed by atoms with Crippen molar-refractivity contribution >= 4 is 5.97 Å². The molecule has 6 nitrogen and oxygen atoms in total. The Morgan fingerprint density at radius 1 is 0.857 bits per heavy atom. The molecule has 0 saturated carbocycles. The van der Waals surface area contributed by atoms with Gasteiger partial charge in [0.05, 0.1) is 40.0 Å². The number of carbonyl (C=O) groups is 1. The molecule has 14 heavy (non-hydrogen) atoms. The molecule has 0 aromatic rings. The number of hydrogen-bond acceptors (Lipinski definition) is 5. The van der Waals surface area contributed by atoms with Crippen LogP contribution in [-0.2, 0) is 4.79 Å². The van der Waals surface area contributed by atoms with Crippen molar-refractivity contribution in [2.24, 2.45) is 0 Å². The number of rotatable bonds is 0. The van der Waals surface area contributed by atoms with E-state index in [1.807, 2.05) is 0 Å². The van der Waals surface area contributed by atoms with Crippen molar-refractivity contribution in [1.82, 2.24) is 19.6 Å². The molecular formula is C8H16N4O2. The first-order valence-electron chi connectivity index (χ1n) is 4.72. The monoisotopic (exact) mass is 200 g/mol. The van der Waals surface area contributed by atoms with E-state index in [4.69, 9.17) is 9.90 Å². The second-order valence-electron chi connectivity index (χ2n) is 4.05. The Labute approximate surface area is 83.3 Å². The zero-order valence-corrected chi connectivity index (χ0v) is 8.39. The Bertz CT molecular complexity index is 173. The van der Waals surface area contributed by atoms with Crippen LogP contribution in [0.5, 0.6) is 0 Å². The van der Waals surface area contributed by atoms with Crippen LogP contribution in [0.25, 0.3) is 0 Å². The van der Waals surface area contributed by atoms with E-state index in [1.54, 1.807) is 0 Å². The van der Waals surface area contributed by atoms with E-state index in [2.05, 4.69) is 19.6 Å². The molecule has 4 heterocycles. The fourth-order valence-corrected chi connectivity index (χ4v) is 2.23. The van der Waals surface area contributed by atoms with Gasteiger partial charge in [0, 0.05) is 6.92 Å². The van der Waals surface area contributed by atoms with Crippen molar-refractivity contribution in [1.29, 1.82) is 0 Å². The van der Waals surface area contributed by atoms with Gasteiger partial charge in [0.25, 0.3) is 5.97 Å². The van der Waals surface area contributed by atoms with Crippen molar-refractivity contribution in [2.45, 2.75) is 6.92 Å². The summed E-state index contributed by atoms with van der Waals surface area (Å²) in [6.45, 7) is 8.21. The second-order valence-corrected chi connectivity index (χ2v) is 4.05. The van der Waals surface area contributed by atoms with E-state index in [-0.39, 0.29) is 0 Å². The predicted molar refractivity (Wildman–Crippen MR) is 49.9 cm³/mol. The summed E-state index contributed by atoms with van der Waals surface area (Å²) in [5.41, 5.74) is 0. The molecular weight excluding hydrogens is 184 g/mol. The summed E-state index contributed by atoms with van der Waals surface area (Å²) in [4.78, 5) is 18.9. The highest BCUT2D eigenvalue weighted by atomic mass is 16.4. The van der Waals surface area contributed by atoms with Gasteiger partial charge in [0.15, 0.2) is 0 Å². The van der Waals surface area contributed by atoms with E-state index in [0.29, 0.717) is 0 Å². The van der Waals surface area contributed by atoms with Crippen LogP contribution in [0.15, 0.2) is 0 Å². The molecule has 0 unspecified atom stereocenters. The first kappa shape index (κ1) is 9.85. The SMILES string of the molecule is C1N2CN3CN1CN(C2)C3.CC(=O)O. The van der Waals surface area contributed by atoms with Gasteiger partial charge in [0.2, 0.25) is 0 Å². The Balaban J connectivity index is 0.000000165. The van der Waals surface area contributed by atoms with Crippen LogP contribution in [0, 0.1) is 0 Å². The molecule has 0 radical (unpaired) electrons. The summed E-state index contributed by atoms with van der Waals surface area (Å²) in [5.74, 6) is -0.833. The van der Waals surface area contributed by atoms with Crippen LogP contribution in [0.1, 0.15) is 6.92 Å². The van der Waals surface area contributed by atoms with Gasteiger partial charge in [-0.15, -0.1) is 0 Å². The Kier molecular flexibility index (Phi) is 2.69. The smallest absolute Gasteiger partial charge is 0.300 e. The third kappa shape index (κ3) is 2.21. The summed E-state index contributed by atoms with van der Waals surface area (Å²) >= 11 is 0. The number of nitrogens with zero attached hydrogens (tertiary/aromatic N) is 4. The van der Waals surface area contributed by atoms with Gasteiger partial charge in [0.1, 0.15) is 0 Å². The van der Waals surface area contributed by atoms with E-state index < -0.39 is 5.97 Å². The van der Waals surface area contributed by atoms with Gasteiger partial charge in [-0.3, -0.25) is 24.4 Å². The third-order valence-corrected chi connectivity index (χ3v) is 2.40. The van der Waals surface area contributed by atoms with Gasteiger partial charge in [-0.2, -0.15) is 0 Å². The zero-order valence-electron chi connectivity index (χ0n) is 8.39. The minimum Gasteiger partial charge on any atom is -0.481 e. The van der Waals surface area contributed by atoms with E-state index in [0.717, 1.165) is 6.92 Å². The molecule has 6 heteroatoms. The lowest BCUT2D eigenvalue weighted by molar-refractivity contribution is -0.194. The van der Waals surface area contributed by atoms with E-state index in [1.165, 1.54) is 40.0 Å². The van der Waals surface area contributed by atoms with Crippen molar-refractivity contribution < 1.29 is 9.90 Å². The molecule has 4 rings (SSSR count). The molecule has 0 amide bonds. The van der Waals surface area contributed by atoms with Gasteiger partial charge in [-0.25, -0.2) is 0 Å². The maximum absolute atomic E-state index is 9.00. The maximum Gasteiger partial charge on any atom is 0.300 e. The zero-order chi connectivity index (χ0) is 10.1. The van der Waals surface area contributed by atoms with E-state index >= 15 is 0 Å². The predicted octanol–water partition coefficient (Wildman–Crippen LogP) is -0.929. The molecule has 4 aliphatic rings. The fourth-order valence-electron chi connectivity index (χ4n) is 2.23. The van der Waals surface area contributed by atoms with Crippen molar-refractivity contribution in [3.63, 3.8) is 0 Å². The lowest BCUT2D eigenvalue weighted by Gasteiger charge is -2.56. The molecule has 4 saturated heterocycles. The van der Waals surface area contributed by atoms with Crippen molar-refractivity contribution in [3.05, 3.63) is 0 Å². The van der Waals surface area contributed by atoms with E-state index in [9.17, 15) is 0 Å². The first-order chi connectivity index (χ1) is 6.63. The van der Waals surface area contributed by atoms with Gasteiger partial charge in [-0.05, 0) is 0 Å². The standard InChI is InChI=1S/C6H12N4.C2H4O2/c1-7-2-9-4-8(1)5-10(3-7)6-9;1-2(3)4/h1-6H2;1H3,(H,3,4). The van der Waals surface area contributed by atoms with Crippen LogP contribution in [-0.4, -0.2) is 70.7 Å². The average Bonchev–Trinajstić information content (AvgIpc) is 1.98. The molecule has 4 aliphatic heterocycles. The van der Waals surface area contributed by atoms with Crippen LogP contribution >= 0.6 is 0 Å². The molecule has 0 aromatic heterocycles. The minimum absolute atomic E-state index is 0.833. The van der Waals surface area contributed by atoms with Crippen LogP contribution in [0.3, 0.4) is 0 Å². The highest BCUT2D eigenvalue weighted by Crippen LogP contribution is 2.20. The lowest BCUT2D eigenvalue weighted by atomic mass is 10.4. The number of aliphatic carboxylic acids is 1. The quantitative estimate of drug-likeness (QED) is 0.545. The molecule has 0 aromatic carbocycles. The summed E-state index contributed by atoms with van der Waals surface area (Å²) in [6, 6.07) is 0. The van der Waals surface area contributed by atoms with Crippen LogP contribution < -0.4 is 0 Å². The van der Waals surface area contributed by atoms with Crippen LogP contribution in [0.2, 0.25) is 0 Å². The Morgan fingerprint density at radius 3 is 1.14 bits per heavy atom. The Morgan fingerprint density at radius 2 is 1.00 bits per heavy atom. The lowest BCUT2D eigenvalue weighted by Crippen LogP contribution is -2.71. The molecule has 4 fully saturated rings. The van der Waals surface area contributed by atoms with Crippen LogP contribution in [0.4, 0.5) is 0 Å². The number of hydrogen-bond donors (Lipinski definition) is 1. The third-order valence-electron chi connectivity index (χ3n) is 2.40. The van der Waals surface area contributed by atoms with Gasteiger partial charge >= 0.3 is 0 Å². The van der Waals surface area contributed by atoms with Gasteiger partial charge < -0.3 is 5.11 Å². The molecule has 0 aliphatic carbocycles. The largest absolute Gasteiger partial charge is 0.481 e. The number of carboxylic acid groups (broad SMARTS) is 1. The number of carboxylic acids is 1. The molecule has 1 N–H and O–H groups in total.